The number of nitro benzene ring substituents is 1. The number of rotatable bonds is 5. The van der Waals surface area contributed by atoms with E-state index in [4.69, 9.17) is 0 Å². The Balaban J connectivity index is 2.30. The van der Waals surface area contributed by atoms with E-state index < -0.39 is 10.9 Å². The van der Waals surface area contributed by atoms with Crippen molar-refractivity contribution in [1.29, 1.82) is 0 Å². The molecule has 1 heterocycles. The minimum absolute atomic E-state index is 0.0541. The largest absolute Gasteiger partial charge is 0.550 e. The van der Waals surface area contributed by atoms with Gasteiger partial charge in [-0.15, -0.1) is 11.8 Å². The first-order valence-electron chi connectivity index (χ1n) is 4.82. The van der Waals surface area contributed by atoms with Gasteiger partial charge in [0.1, 0.15) is 0 Å². The van der Waals surface area contributed by atoms with Crippen LogP contribution in [0.5, 0.6) is 0 Å². The molecule has 0 aliphatic carbocycles. The van der Waals surface area contributed by atoms with Crippen molar-refractivity contribution in [2.75, 3.05) is 5.75 Å². The number of hydrogen-bond acceptors (Lipinski definition) is 8. The van der Waals surface area contributed by atoms with Crippen molar-refractivity contribution in [1.82, 2.24) is 10.3 Å². The summed E-state index contributed by atoms with van der Waals surface area (Å²) < 4.78 is 4.48. The molecule has 0 saturated heterocycles. The zero-order chi connectivity index (χ0) is 13.1. The molecule has 2 aromatic rings. The van der Waals surface area contributed by atoms with Crippen molar-refractivity contribution in [2.45, 2.75) is 11.3 Å². The van der Waals surface area contributed by atoms with Gasteiger partial charge in [0.05, 0.1) is 4.92 Å². The Morgan fingerprint density at radius 2 is 2.11 bits per heavy atom. The number of non-ortho nitro benzene ring substituents is 1. The number of nitro groups is 1. The molecule has 1 aromatic carbocycles. The number of hydrogen-bond donors (Lipinski definition) is 0. The number of fused-ring (bicyclic) bond motifs is 1. The van der Waals surface area contributed by atoms with Crippen LogP contribution in [0, 0.1) is 10.1 Å². The van der Waals surface area contributed by atoms with Crippen LogP contribution in [0.1, 0.15) is 6.42 Å². The fourth-order valence-corrected chi connectivity index (χ4v) is 2.26. The highest BCUT2D eigenvalue weighted by atomic mass is 32.2. The summed E-state index contributed by atoms with van der Waals surface area (Å²) in [6.07, 6.45) is -0.117. The fraction of sp³-hybridized carbons (Fsp3) is 0.222. The number of nitrogens with zero attached hydrogens (tertiary/aromatic N) is 3. The predicted octanol–water partition coefficient (Wildman–Crippen LogP) is 0.363. The maximum Gasteiger partial charge on any atom is 0.300 e. The average Bonchev–Trinajstić information content (AvgIpc) is 2.77. The summed E-state index contributed by atoms with van der Waals surface area (Å²) in [4.78, 5) is 21.0. The number of carboxylic acids is 1. The molecule has 0 saturated carbocycles. The molecule has 0 aliphatic rings. The Bertz CT molecular complexity index is 611. The van der Waals surface area contributed by atoms with Crippen LogP contribution in [0.15, 0.2) is 21.7 Å². The summed E-state index contributed by atoms with van der Waals surface area (Å²) >= 11 is 1.20. The van der Waals surface area contributed by atoms with E-state index in [1.54, 1.807) is 0 Å². The molecule has 1 aromatic heterocycles. The van der Waals surface area contributed by atoms with E-state index in [1.807, 2.05) is 0 Å². The third-order valence-corrected chi connectivity index (χ3v) is 3.17. The highest BCUT2D eigenvalue weighted by molar-refractivity contribution is 7.99. The Labute approximate surface area is 104 Å². The fourth-order valence-electron chi connectivity index (χ4n) is 1.34. The predicted molar refractivity (Wildman–Crippen MR) is 58.8 cm³/mol. The molecular weight excluding hydrogens is 262 g/mol. The van der Waals surface area contributed by atoms with Gasteiger partial charge in [0, 0.05) is 22.7 Å². The van der Waals surface area contributed by atoms with E-state index in [0.717, 1.165) is 0 Å². The van der Waals surface area contributed by atoms with Crippen LogP contribution >= 0.6 is 11.8 Å². The molecule has 0 atom stereocenters. The summed E-state index contributed by atoms with van der Waals surface area (Å²) in [5.74, 6) is -0.874. The van der Waals surface area contributed by atoms with E-state index in [2.05, 4.69) is 14.9 Å². The van der Waals surface area contributed by atoms with Crippen molar-refractivity contribution >= 4 is 34.5 Å². The van der Waals surface area contributed by atoms with E-state index in [-0.39, 0.29) is 28.9 Å². The molecule has 0 radical (unpaired) electrons. The SMILES string of the molecule is O=C([O-])CCSc1ccc([N+](=O)[O-])c2nonc12. The van der Waals surface area contributed by atoms with Gasteiger partial charge in [-0.25, -0.2) is 4.63 Å². The lowest BCUT2D eigenvalue weighted by atomic mass is 10.3. The quantitative estimate of drug-likeness (QED) is 0.432. The third kappa shape index (κ3) is 2.40. The second-order valence-corrected chi connectivity index (χ2v) is 4.41. The van der Waals surface area contributed by atoms with Crippen molar-refractivity contribution < 1.29 is 19.5 Å². The van der Waals surface area contributed by atoms with Gasteiger partial charge in [0.15, 0.2) is 5.52 Å². The van der Waals surface area contributed by atoms with Crippen molar-refractivity contribution in [3.63, 3.8) is 0 Å². The monoisotopic (exact) mass is 268 g/mol. The van der Waals surface area contributed by atoms with Crippen LogP contribution in [0.25, 0.3) is 11.0 Å². The molecule has 0 unspecified atom stereocenters. The minimum atomic E-state index is -1.15. The zero-order valence-electron chi connectivity index (χ0n) is 8.86. The average molecular weight is 268 g/mol. The first-order valence-corrected chi connectivity index (χ1v) is 5.80. The lowest BCUT2D eigenvalue weighted by Gasteiger charge is -2.02. The first-order chi connectivity index (χ1) is 8.59. The number of benzene rings is 1. The number of carboxylic acid groups (broad SMARTS) is 1. The summed E-state index contributed by atoms with van der Waals surface area (Å²) in [5.41, 5.74) is 0.112. The molecule has 0 spiro atoms. The second-order valence-electron chi connectivity index (χ2n) is 3.27. The van der Waals surface area contributed by atoms with Gasteiger partial charge < -0.3 is 9.90 Å². The van der Waals surface area contributed by atoms with E-state index in [1.165, 1.54) is 23.9 Å². The lowest BCUT2D eigenvalue weighted by molar-refractivity contribution is -0.383. The molecule has 94 valence electrons. The molecule has 2 rings (SSSR count). The molecule has 8 nitrogen and oxygen atoms in total. The molecule has 0 bridgehead atoms. The molecule has 18 heavy (non-hydrogen) atoms. The number of aliphatic carboxylic acids is 1. The molecule has 0 aliphatic heterocycles. The van der Waals surface area contributed by atoms with Crippen LogP contribution < -0.4 is 5.11 Å². The van der Waals surface area contributed by atoms with Gasteiger partial charge in [-0.1, -0.05) is 0 Å². The Morgan fingerprint density at radius 1 is 1.39 bits per heavy atom. The lowest BCUT2D eigenvalue weighted by Crippen LogP contribution is -2.22. The van der Waals surface area contributed by atoms with Crippen LogP contribution in [-0.4, -0.2) is 27.0 Å². The van der Waals surface area contributed by atoms with Crippen molar-refractivity contribution in [3.8, 4) is 0 Å². The minimum Gasteiger partial charge on any atom is -0.550 e. The number of aromatic nitrogens is 2. The highest BCUT2D eigenvalue weighted by Gasteiger charge is 2.19. The van der Waals surface area contributed by atoms with Crippen LogP contribution in [0.4, 0.5) is 5.69 Å². The summed E-state index contributed by atoms with van der Waals surface area (Å²) in [6, 6.07) is 2.78. The van der Waals surface area contributed by atoms with Crippen LogP contribution in [0.3, 0.4) is 0 Å². The van der Waals surface area contributed by atoms with E-state index in [9.17, 15) is 20.0 Å². The normalized spacial score (nSPS) is 10.7. The molecule has 0 fully saturated rings. The summed E-state index contributed by atoms with van der Waals surface area (Å²) in [7, 11) is 0. The van der Waals surface area contributed by atoms with Gasteiger partial charge >= 0.3 is 5.69 Å². The van der Waals surface area contributed by atoms with Gasteiger partial charge in [0.2, 0.25) is 5.52 Å². The maximum absolute atomic E-state index is 10.7. The van der Waals surface area contributed by atoms with Gasteiger partial charge in [0.25, 0.3) is 0 Å². The highest BCUT2D eigenvalue weighted by Crippen LogP contribution is 2.31. The number of carbonyl (C=O) groups is 1. The molecule has 0 N–H and O–H groups in total. The number of carbonyl (C=O) groups excluding carboxylic acids is 1. The number of thioether (sulfide) groups is 1. The molecule has 9 heteroatoms. The first kappa shape index (κ1) is 12.3. The topological polar surface area (TPSA) is 122 Å². The summed E-state index contributed by atoms with van der Waals surface area (Å²) in [6.45, 7) is 0. The van der Waals surface area contributed by atoms with Gasteiger partial charge in [-0.2, -0.15) is 0 Å². The van der Waals surface area contributed by atoms with Crippen LogP contribution in [0.2, 0.25) is 0 Å². The molecule has 0 amide bonds. The Kier molecular flexibility index (Phi) is 3.42. The smallest absolute Gasteiger partial charge is 0.300 e. The van der Waals surface area contributed by atoms with Crippen molar-refractivity contribution in [2.24, 2.45) is 0 Å². The Hall–Kier alpha value is -2.16. The van der Waals surface area contributed by atoms with E-state index in [0.29, 0.717) is 4.90 Å². The Morgan fingerprint density at radius 3 is 2.78 bits per heavy atom. The van der Waals surface area contributed by atoms with Gasteiger partial charge in [-0.05, 0) is 22.8 Å². The zero-order valence-corrected chi connectivity index (χ0v) is 9.68. The maximum atomic E-state index is 10.7. The van der Waals surface area contributed by atoms with E-state index >= 15 is 0 Å². The third-order valence-electron chi connectivity index (χ3n) is 2.12. The standard InChI is InChI=1S/C9H7N3O5S/c13-7(14)3-4-18-6-2-1-5(12(15)16)8-9(6)11-17-10-8/h1-2H,3-4H2,(H,13,14)/p-1. The van der Waals surface area contributed by atoms with Crippen LogP contribution in [-0.2, 0) is 4.79 Å². The molecular formula is C9H6N3O5S-. The second kappa shape index (κ2) is 5.00. The summed E-state index contributed by atoms with van der Waals surface area (Å²) in [5, 5.41) is 28.1. The van der Waals surface area contributed by atoms with Crippen molar-refractivity contribution in [3.05, 3.63) is 22.2 Å². The van der Waals surface area contributed by atoms with Gasteiger partial charge in [-0.3, -0.25) is 10.1 Å².